The first-order valence-corrected chi connectivity index (χ1v) is 6.10. The first kappa shape index (κ1) is 12.6. The summed E-state index contributed by atoms with van der Waals surface area (Å²) in [4.78, 5) is 24.0. The molecule has 18 heavy (non-hydrogen) atoms. The number of nitrogens with zero attached hydrogens (tertiary/aromatic N) is 1. The number of benzene rings is 1. The summed E-state index contributed by atoms with van der Waals surface area (Å²) in [5, 5.41) is 10.8. The van der Waals surface area contributed by atoms with Gasteiger partial charge in [0.25, 0.3) is 0 Å². The van der Waals surface area contributed by atoms with Crippen LogP contribution in [0.4, 0.5) is 5.69 Å². The van der Waals surface area contributed by atoms with Crippen LogP contribution in [0.5, 0.6) is 0 Å². The monoisotopic (exact) mass is 246 g/mol. The van der Waals surface area contributed by atoms with Crippen molar-refractivity contribution in [2.24, 2.45) is 5.92 Å². The predicted molar refractivity (Wildman–Crippen MR) is 66.0 cm³/mol. The standard InChI is InChI=1S/C14H17NO3/c1-9(2)10-3-5-12(6-4-10)15-8-11(14(17)18)7-13(15)16/h3-6,9,11H,7-8H2,1-2H3,(H,17,18)/p-1/t11-/m1/s1. The number of aliphatic carboxylic acids is 1. The second-order valence-corrected chi connectivity index (χ2v) is 4.97. The molecule has 4 heteroatoms. The molecular formula is C14H16NO3-. The van der Waals surface area contributed by atoms with Gasteiger partial charge in [-0.1, -0.05) is 26.0 Å². The molecule has 1 heterocycles. The van der Waals surface area contributed by atoms with Crippen LogP contribution in [0.2, 0.25) is 0 Å². The van der Waals surface area contributed by atoms with Crippen molar-refractivity contribution in [3.05, 3.63) is 29.8 Å². The summed E-state index contributed by atoms with van der Waals surface area (Å²) in [5.74, 6) is -1.56. The van der Waals surface area contributed by atoms with Crippen LogP contribution in [-0.4, -0.2) is 18.4 Å². The van der Waals surface area contributed by atoms with Crippen molar-refractivity contribution in [2.75, 3.05) is 11.4 Å². The van der Waals surface area contributed by atoms with Crippen molar-refractivity contribution in [1.29, 1.82) is 0 Å². The Morgan fingerprint density at radius 1 is 1.33 bits per heavy atom. The number of hydrogen-bond acceptors (Lipinski definition) is 3. The highest BCUT2D eigenvalue weighted by atomic mass is 16.4. The fraction of sp³-hybridized carbons (Fsp3) is 0.429. The van der Waals surface area contributed by atoms with E-state index >= 15 is 0 Å². The minimum Gasteiger partial charge on any atom is -0.550 e. The van der Waals surface area contributed by atoms with Crippen LogP contribution in [0.1, 0.15) is 31.7 Å². The van der Waals surface area contributed by atoms with Gasteiger partial charge in [0, 0.05) is 30.5 Å². The molecule has 0 radical (unpaired) electrons. The van der Waals surface area contributed by atoms with E-state index in [0.29, 0.717) is 5.92 Å². The Bertz CT molecular complexity index is 464. The van der Waals surface area contributed by atoms with Crippen molar-refractivity contribution in [1.82, 2.24) is 0 Å². The van der Waals surface area contributed by atoms with E-state index in [1.807, 2.05) is 24.3 Å². The Hall–Kier alpha value is -1.84. The van der Waals surface area contributed by atoms with Crippen LogP contribution < -0.4 is 10.0 Å². The van der Waals surface area contributed by atoms with Crippen molar-refractivity contribution in [2.45, 2.75) is 26.2 Å². The maximum atomic E-state index is 11.7. The fourth-order valence-corrected chi connectivity index (χ4v) is 2.15. The van der Waals surface area contributed by atoms with Gasteiger partial charge >= 0.3 is 0 Å². The van der Waals surface area contributed by atoms with Crippen LogP contribution in [0.15, 0.2) is 24.3 Å². The Morgan fingerprint density at radius 2 is 1.94 bits per heavy atom. The highest BCUT2D eigenvalue weighted by Gasteiger charge is 2.31. The zero-order chi connectivity index (χ0) is 13.3. The van der Waals surface area contributed by atoms with Gasteiger partial charge in [0.2, 0.25) is 5.91 Å². The highest BCUT2D eigenvalue weighted by Crippen LogP contribution is 2.26. The SMILES string of the molecule is CC(C)c1ccc(N2C[C@H](C(=O)[O-])CC2=O)cc1. The minimum absolute atomic E-state index is 0.0360. The zero-order valence-corrected chi connectivity index (χ0v) is 10.6. The van der Waals surface area contributed by atoms with E-state index in [0.717, 1.165) is 5.69 Å². The Balaban J connectivity index is 2.17. The van der Waals surface area contributed by atoms with E-state index in [4.69, 9.17) is 0 Å². The Morgan fingerprint density at radius 3 is 2.39 bits per heavy atom. The molecule has 1 fully saturated rings. The van der Waals surface area contributed by atoms with E-state index in [9.17, 15) is 14.7 Å². The first-order valence-electron chi connectivity index (χ1n) is 6.10. The topological polar surface area (TPSA) is 60.4 Å². The third kappa shape index (κ3) is 2.37. The summed E-state index contributed by atoms with van der Waals surface area (Å²) >= 11 is 0. The van der Waals surface area contributed by atoms with Gasteiger partial charge in [-0.25, -0.2) is 0 Å². The van der Waals surface area contributed by atoms with E-state index in [1.165, 1.54) is 10.5 Å². The lowest BCUT2D eigenvalue weighted by Crippen LogP contribution is -2.33. The number of carbonyl (C=O) groups excluding carboxylic acids is 2. The lowest BCUT2D eigenvalue weighted by atomic mass is 10.0. The van der Waals surface area contributed by atoms with Gasteiger partial charge in [-0.15, -0.1) is 0 Å². The molecule has 1 aromatic carbocycles. The average Bonchev–Trinajstić information content (AvgIpc) is 2.71. The number of anilines is 1. The maximum absolute atomic E-state index is 11.7. The largest absolute Gasteiger partial charge is 0.550 e. The molecule has 1 aliphatic heterocycles. The van der Waals surface area contributed by atoms with E-state index < -0.39 is 11.9 Å². The molecule has 0 saturated carbocycles. The molecular weight excluding hydrogens is 230 g/mol. The second kappa shape index (κ2) is 4.80. The summed E-state index contributed by atoms with van der Waals surface area (Å²) in [7, 11) is 0. The third-order valence-electron chi connectivity index (χ3n) is 3.33. The number of carboxylic acids is 1. The summed E-state index contributed by atoms with van der Waals surface area (Å²) in [6.07, 6.45) is 0.0360. The number of carbonyl (C=O) groups is 2. The summed E-state index contributed by atoms with van der Waals surface area (Å²) < 4.78 is 0. The van der Waals surface area contributed by atoms with Gasteiger partial charge in [-0.2, -0.15) is 0 Å². The van der Waals surface area contributed by atoms with Crippen LogP contribution in [0.25, 0.3) is 0 Å². The summed E-state index contributed by atoms with van der Waals surface area (Å²) in [5.41, 5.74) is 1.95. The van der Waals surface area contributed by atoms with Crippen LogP contribution in [0, 0.1) is 5.92 Å². The molecule has 0 spiro atoms. The summed E-state index contributed by atoms with van der Waals surface area (Å²) in [6.45, 7) is 4.41. The molecule has 1 atom stereocenters. The molecule has 1 saturated heterocycles. The van der Waals surface area contributed by atoms with Gasteiger partial charge in [0.1, 0.15) is 0 Å². The lowest BCUT2D eigenvalue weighted by Gasteiger charge is -2.18. The maximum Gasteiger partial charge on any atom is 0.227 e. The van der Waals surface area contributed by atoms with Crippen molar-refractivity contribution in [3.63, 3.8) is 0 Å². The van der Waals surface area contributed by atoms with Gasteiger partial charge < -0.3 is 14.8 Å². The van der Waals surface area contributed by atoms with Crippen molar-refractivity contribution < 1.29 is 14.7 Å². The molecule has 1 aliphatic rings. The first-order chi connectivity index (χ1) is 8.49. The van der Waals surface area contributed by atoms with Crippen molar-refractivity contribution >= 4 is 17.6 Å². The van der Waals surface area contributed by atoms with Crippen LogP contribution in [0.3, 0.4) is 0 Å². The molecule has 0 aliphatic carbocycles. The molecule has 0 unspecified atom stereocenters. The number of rotatable bonds is 3. The van der Waals surface area contributed by atoms with Gasteiger partial charge in [-0.3, -0.25) is 4.79 Å². The number of hydrogen-bond donors (Lipinski definition) is 0. The number of amides is 1. The fourth-order valence-electron chi connectivity index (χ4n) is 2.15. The lowest BCUT2D eigenvalue weighted by molar-refractivity contribution is -0.310. The molecule has 4 nitrogen and oxygen atoms in total. The van der Waals surface area contributed by atoms with Gasteiger partial charge in [-0.05, 0) is 23.6 Å². The van der Waals surface area contributed by atoms with Gasteiger partial charge in [0.05, 0.1) is 0 Å². The van der Waals surface area contributed by atoms with Crippen LogP contribution >= 0.6 is 0 Å². The molecule has 1 amide bonds. The molecule has 0 N–H and O–H groups in total. The molecule has 2 rings (SSSR count). The molecule has 0 bridgehead atoms. The number of carboxylic acid groups (broad SMARTS) is 1. The molecule has 96 valence electrons. The quantitative estimate of drug-likeness (QED) is 0.796. The highest BCUT2D eigenvalue weighted by molar-refractivity contribution is 5.98. The summed E-state index contributed by atoms with van der Waals surface area (Å²) in [6, 6.07) is 7.68. The van der Waals surface area contributed by atoms with E-state index in [1.54, 1.807) is 0 Å². The molecule has 0 aromatic heterocycles. The third-order valence-corrected chi connectivity index (χ3v) is 3.33. The zero-order valence-electron chi connectivity index (χ0n) is 10.6. The normalized spacial score (nSPS) is 19.6. The average molecular weight is 246 g/mol. The van der Waals surface area contributed by atoms with Gasteiger partial charge in [0.15, 0.2) is 0 Å². The molecule has 1 aromatic rings. The second-order valence-electron chi connectivity index (χ2n) is 4.97. The minimum atomic E-state index is -1.15. The predicted octanol–water partition coefficient (Wildman–Crippen LogP) is 0.913. The smallest absolute Gasteiger partial charge is 0.227 e. The van der Waals surface area contributed by atoms with E-state index in [-0.39, 0.29) is 18.9 Å². The van der Waals surface area contributed by atoms with Crippen LogP contribution in [-0.2, 0) is 9.59 Å². The van der Waals surface area contributed by atoms with Crippen molar-refractivity contribution in [3.8, 4) is 0 Å². The van der Waals surface area contributed by atoms with E-state index in [2.05, 4.69) is 13.8 Å². The Labute approximate surface area is 106 Å². The Kier molecular flexibility index (Phi) is 3.36.